The second-order valence-corrected chi connectivity index (χ2v) is 7.24. The first-order valence-corrected chi connectivity index (χ1v) is 9.62. The molecule has 0 unspecified atom stereocenters. The first-order valence-electron chi connectivity index (χ1n) is 8.75. The van der Waals surface area contributed by atoms with Gasteiger partial charge in [0, 0.05) is 43.2 Å². The maximum Gasteiger partial charge on any atom is 0.295 e. The Labute approximate surface area is 161 Å². The van der Waals surface area contributed by atoms with Crippen molar-refractivity contribution >= 4 is 28.0 Å². The predicted molar refractivity (Wildman–Crippen MR) is 108 cm³/mol. The van der Waals surface area contributed by atoms with Crippen molar-refractivity contribution in [1.82, 2.24) is 9.97 Å². The van der Waals surface area contributed by atoms with E-state index < -0.39 is 0 Å². The van der Waals surface area contributed by atoms with E-state index >= 15 is 0 Å². The molecule has 3 aromatic rings. The van der Waals surface area contributed by atoms with Crippen LogP contribution in [-0.4, -0.2) is 41.1 Å². The van der Waals surface area contributed by atoms with Gasteiger partial charge in [-0.3, -0.25) is 10.1 Å². The van der Waals surface area contributed by atoms with Crippen LogP contribution in [0.5, 0.6) is 0 Å². The molecule has 4 rings (SSSR count). The average molecular weight is 381 g/mol. The van der Waals surface area contributed by atoms with E-state index in [1.165, 1.54) is 0 Å². The van der Waals surface area contributed by atoms with Crippen LogP contribution in [0, 0.1) is 17.0 Å². The lowest BCUT2D eigenvalue weighted by atomic mass is 10.1. The Kier molecular flexibility index (Phi) is 4.72. The van der Waals surface area contributed by atoms with E-state index in [1.54, 1.807) is 23.5 Å². The molecule has 0 spiro atoms. The van der Waals surface area contributed by atoms with Crippen molar-refractivity contribution in [3.8, 4) is 11.3 Å². The zero-order valence-corrected chi connectivity index (χ0v) is 15.7. The molecule has 2 aromatic heterocycles. The van der Waals surface area contributed by atoms with Crippen molar-refractivity contribution in [3.05, 3.63) is 63.7 Å². The highest BCUT2D eigenvalue weighted by Crippen LogP contribution is 2.31. The maximum absolute atomic E-state index is 11.4. The molecule has 0 N–H and O–H groups in total. The number of hydrogen-bond donors (Lipinski definition) is 0. The van der Waals surface area contributed by atoms with E-state index in [0.29, 0.717) is 5.69 Å². The Balaban J connectivity index is 1.57. The van der Waals surface area contributed by atoms with Crippen LogP contribution >= 0.6 is 11.3 Å². The fourth-order valence-corrected chi connectivity index (χ4v) is 4.04. The second-order valence-electron chi connectivity index (χ2n) is 6.41. The summed E-state index contributed by atoms with van der Waals surface area (Å²) >= 11 is 1.66. The Bertz CT molecular complexity index is 952. The second kappa shape index (κ2) is 7.32. The minimum absolute atomic E-state index is 0.0295. The number of thiazole rings is 1. The van der Waals surface area contributed by atoms with Crippen molar-refractivity contribution in [2.24, 2.45) is 0 Å². The molecule has 7 nitrogen and oxygen atoms in total. The quantitative estimate of drug-likeness (QED) is 0.506. The molecule has 1 fully saturated rings. The van der Waals surface area contributed by atoms with Crippen LogP contribution in [-0.2, 0) is 0 Å². The van der Waals surface area contributed by atoms with Gasteiger partial charge in [-0.25, -0.2) is 9.97 Å². The summed E-state index contributed by atoms with van der Waals surface area (Å²) in [5.74, 6) is 0.773. The Morgan fingerprint density at radius 2 is 1.70 bits per heavy atom. The summed E-state index contributed by atoms with van der Waals surface area (Å²) in [7, 11) is 0. The summed E-state index contributed by atoms with van der Waals surface area (Å²) < 4.78 is 0. The summed E-state index contributed by atoms with van der Waals surface area (Å²) in [6, 6.07) is 12.6. The number of pyridine rings is 1. The molecule has 1 aromatic carbocycles. The largest absolute Gasteiger partial charge is 0.353 e. The number of rotatable bonds is 4. The topological polar surface area (TPSA) is 75.4 Å². The number of aromatic nitrogens is 2. The van der Waals surface area contributed by atoms with Crippen molar-refractivity contribution in [2.75, 3.05) is 36.0 Å². The molecule has 138 valence electrons. The van der Waals surface area contributed by atoms with Gasteiger partial charge in [-0.05, 0) is 13.0 Å². The molecular weight excluding hydrogens is 362 g/mol. The zero-order chi connectivity index (χ0) is 18.8. The summed E-state index contributed by atoms with van der Waals surface area (Å²) in [6.45, 7) is 5.32. The first-order chi connectivity index (χ1) is 13.1. The summed E-state index contributed by atoms with van der Waals surface area (Å²) in [6.07, 6.45) is 0. The average Bonchev–Trinajstić information content (AvgIpc) is 3.14. The van der Waals surface area contributed by atoms with Crippen LogP contribution in [0.4, 0.5) is 16.6 Å². The first kappa shape index (κ1) is 17.4. The normalized spacial score (nSPS) is 14.4. The standard InChI is InChI=1S/C19H19N5O2S/c1-14-13-27-19(20-14)23-11-9-22(10-12-23)17-8-7-16(24(25)26)18(21-17)15-5-3-2-4-6-15/h2-8,13H,9-12H2,1H3. The van der Waals surface area contributed by atoms with E-state index in [2.05, 4.69) is 25.1 Å². The molecule has 1 aliphatic heterocycles. The molecule has 0 saturated carbocycles. The highest BCUT2D eigenvalue weighted by molar-refractivity contribution is 7.13. The third-order valence-electron chi connectivity index (χ3n) is 4.58. The number of nitrogens with zero attached hydrogens (tertiary/aromatic N) is 5. The van der Waals surface area contributed by atoms with Crippen LogP contribution in [0.2, 0.25) is 0 Å². The molecule has 8 heteroatoms. The van der Waals surface area contributed by atoms with Gasteiger partial charge in [0.1, 0.15) is 5.82 Å². The van der Waals surface area contributed by atoms with Gasteiger partial charge in [0.15, 0.2) is 10.8 Å². The van der Waals surface area contributed by atoms with Crippen molar-refractivity contribution in [1.29, 1.82) is 0 Å². The number of benzene rings is 1. The van der Waals surface area contributed by atoms with Gasteiger partial charge in [0.2, 0.25) is 0 Å². The summed E-state index contributed by atoms with van der Waals surface area (Å²) in [4.78, 5) is 24.7. The summed E-state index contributed by atoms with van der Waals surface area (Å²) in [5, 5.41) is 14.5. The number of hydrogen-bond acceptors (Lipinski definition) is 7. The highest BCUT2D eigenvalue weighted by Gasteiger charge is 2.23. The molecule has 3 heterocycles. The van der Waals surface area contributed by atoms with Gasteiger partial charge >= 0.3 is 0 Å². The molecule has 0 amide bonds. The maximum atomic E-state index is 11.4. The van der Waals surface area contributed by atoms with Gasteiger partial charge in [-0.15, -0.1) is 11.3 Å². The molecule has 0 radical (unpaired) electrons. The van der Waals surface area contributed by atoms with Gasteiger partial charge in [-0.1, -0.05) is 30.3 Å². The van der Waals surface area contributed by atoms with E-state index in [-0.39, 0.29) is 10.6 Å². The van der Waals surface area contributed by atoms with Gasteiger partial charge in [-0.2, -0.15) is 0 Å². The van der Waals surface area contributed by atoms with Crippen LogP contribution in [0.25, 0.3) is 11.3 Å². The van der Waals surface area contributed by atoms with Crippen LogP contribution in [0.15, 0.2) is 47.8 Å². The van der Waals surface area contributed by atoms with Crippen LogP contribution in [0.3, 0.4) is 0 Å². The lowest BCUT2D eigenvalue weighted by Gasteiger charge is -2.35. The van der Waals surface area contributed by atoms with E-state index in [4.69, 9.17) is 0 Å². The van der Waals surface area contributed by atoms with Crippen LogP contribution < -0.4 is 9.80 Å². The van der Waals surface area contributed by atoms with Crippen LogP contribution in [0.1, 0.15) is 5.69 Å². The van der Waals surface area contributed by atoms with E-state index in [9.17, 15) is 10.1 Å². The van der Waals surface area contributed by atoms with E-state index in [1.807, 2.05) is 37.3 Å². The minimum Gasteiger partial charge on any atom is -0.353 e. The van der Waals surface area contributed by atoms with Crippen molar-refractivity contribution < 1.29 is 4.92 Å². The third kappa shape index (κ3) is 3.61. The smallest absolute Gasteiger partial charge is 0.295 e. The molecule has 1 saturated heterocycles. The Morgan fingerprint density at radius 3 is 2.33 bits per heavy atom. The van der Waals surface area contributed by atoms with Crippen molar-refractivity contribution in [3.63, 3.8) is 0 Å². The van der Waals surface area contributed by atoms with E-state index in [0.717, 1.165) is 48.4 Å². The molecular formula is C19H19N5O2S. The molecule has 27 heavy (non-hydrogen) atoms. The third-order valence-corrected chi connectivity index (χ3v) is 5.60. The number of aryl methyl sites for hydroxylation is 1. The van der Waals surface area contributed by atoms with Gasteiger partial charge in [0.25, 0.3) is 5.69 Å². The Hall–Kier alpha value is -3.00. The van der Waals surface area contributed by atoms with Gasteiger partial charge in [0.05, 0.1) is 10.6 Å². The SMILES string of the molecule is Cc1csc(N2CCN(c3ccc([N+](=O)[O-])c(-c4ccccc4)n3)CC2)n1. The number of piperazine rings is 1. The Morgan fingerprint density at radius 1 is 1.00 bits per heavy atom. The lowest BCUT2D eigenvalue weighted by molar-refractivity contribution is -0.384. The molecule has 0 aliphatic carbocycles. The van der Waals surface area contributed by atoms with Crippen molar-refractivity contribution in [2.45, 2.75) is 6.92 Å². The minimum atomic E-state index is -0.373. The molecule has 0 atom stereocenters. The number of anilines is 2. The monoisotopic (exact) mass is 381 g/mol. The fraction of sp³-hybridized carbons (Fsp3) is 0.263. The summed E-state index contributed by atoms with van der Waals surface area (Å²) in [5.41, 5.74) is 2.24. The zero-order valence-electron chi connectivity index (χ0n) is 14.9. The van der Waals surface area contributed by atoms with Gasteiger partial charge < -0.3 is 9.80 Å². The lowest BCUT2D eigenvalue weighted by Crippen LogP contribution is -2.46. The highest BCUT2D eigenvalue weighted by atomic mass is 32.1. The molecule has 1 aliphatic rings. The molecule has 0 bridgehead atoms. The number of nitro groups is 1. The predicted octanol–water partition coefficient (Wildman–Crippen LogP) is 3.75. The fourth-order valence-electron chi connectivity index (χ4n) is 3.19.